The molecule has 1 heterocycles. The molecule has 5 rings (SSSR count). The fraction of sp³-hybridized carbons (Fsp3) is 0.870. The molecule has 9 atom stereocenters. The van der Waals surface area contributed by atoms with Crippen LogP contribution in [0, 0.1) is 33.8 Å². The molecule has 4 aliphatic carbocycles. The third-order valence-electron chi connectivity index (χ3n) is 10.2. The Labute approximate surface area is 187 Å². The molecule has 1 unspecified atom stereocenters. The summed E-state index contributed by atoms with van der Waals surface area (Å²) in [5.41, 5.74) is -2.44. The Hall–Kier alpha value is -1.07. The van der Waals surface area contributed by atoms with Gasteiger partial charge in [0.2, 0.25) is 0 Å². The molecule has 0 aromatic carbocycles. The van der Waals surface area contributed by atoms with Crippen LogP contribution in [0.5, 0.6) is 0 Å². The summed E-state index contributed by atoms with van der Waals surface area (Å²) in [5, 5.41) is 53.4. The first-order valence-corrected chi connectivity index (χ1v) is 11.9. The van der Waals surface area contributed by atoms with Gasteiger partial charge in [0.05, 0.1) is 17.3 Å². The van der Waals surface area contributed by atoms with E-state index < -0.39 is 33.5 Å². The van der Waals surface area contributed by atoms with Crippen molar-refractivity contribution in [3.63, 3.8) is 0 Å². The molecule has 0 bridgehead atoms. The van der Waals surface area contributed by atoms with Crippen molar-refractivity contribution in [2.45, 2.75) is 82.0 Å². The normalized spacial score (nSPS) is 51.3. The van der Waals surface area contributed by atoms with Crippen molar-refractivity contribution >= 4 is 5.97 Å². The molecule has 0 amide bonds. The first-order chi connectivity index (χ1) is 15.0. The van der Waals surface area contributed by atoms with Crippen molar-refractivity contribution in [2.75, 3.05) is 13.2 Å². The smallest absolute Gasteiger partial charge is 0.331 e. The van der Waals surface area contributed by atoms with E-state index in [9.17, 15) is 30.5 Å². The summed E-state index contributed by atoms with van der Waals surface area (Å²) in [6, 6.07) is 0. The quantitative estimate of drug-likeness (QED) is 0.304. The molecule has 9 nitrogen and oxygen atoms in total. The monoisotopic (exact) mass is 453 g/mol. The minimum absolute atomic E-state index is 0.0695. The maximum atomic E-state index is 12.2. The van der Waals surface area contributed by atoms with Gasteiger partial charge in [0.25, 0.3) is 0 Å². The first-order valence-electron chi connectivity index (χ1n) is 11.9. The lowest BCUT2D eigenvalue weighted by molar-refractivity contribution is -1.21. The van der Waals surface area contributed by atoms with Gasteiger partial charge in [0.15, 0.2) is 0 Å². The maximum absolute atomic E-state index is 12.2. The molecule has 0 aromatic rings. The minimum atomic E-state index is -1.37. The van der Waals surface area contributed by atoms with Gasteiger partial charge in [-0.2, -0.15) is 10.0 Å². The number of aliphatic hydroxyl groups excluding tert-OH is 1. The van der Waals surface area contributed by atoms with Crippen LogP contribution < -0.4 is 5.39 Å². The van der Waals surface area contributed by atoms with Crippen molar-refractivity contribution in [1.29, 1.82) is 0 Å². The van der Waals surface area contributed by atoms with E-state index in [2.05, 4.69) is 6.92 Å². The summed E-state index contributed by atoms with van der Waals surface area (Å²) in [6.45, 7) is 2.30. The summed E-state index contributed by atoms with van der Waals surface area (Å²) >= 11 is 0. The lowest BCUT2D eigenvalue weighted by Gasteiger charge is -2.66. The second-order valence-electron chi connectivity index (χ2n) is 11.2. The Morgan fingerprint density at radius 2 is 1.91 bits per heavy atom. The number of ether oxygens (including phenoxy) is 1. The fourth-order valence-electron chi connectivity index (χ4n) is 8.68. The predicted octanol–water partition coefficient (Wildman–Crippen LogP) is 0.403. The van der Waals surface area contributed by atoms with Crippen LogP contribution in [-0.2, 0) is 14.4 Å². The van der Waals surface area contributed by atoms with Crippen LogP contribution in [0.25, 0.3) is 0 Å². The highest BCUT2D eigenvalue weighted by molar-refractivity contribution is 5.85. The molecule has 0 spiro atoms. The van der Waals surface area contributed by atoms with E-state index in [0.29, 0.717) is 38.5 Å². The zero-order valence-electron chi connectivity index (χ0n) is 18.6. The number of hydrogen-bond acceptors (Lipinski definition) is 8. The average molecular weight is 454 g/mol. The molecule has 9 heteroatoms. The van der Waals surface area contributed by atoms with Crippen molar-refractivity contribution < 1.29 is 40.3 Å². The Kier molecular flexibility index (Phi) is 5.30. The third kappa shape index (κ3) is 2.99. The molecule has 5 N–H and O–H groups in total. The summed E-state index contributed by atoms with van der Waals surface area (Å²) in [6.07, 6.45) is 6.01. The van der Waals surface area contributed by atoms with Crippen molar-refractivity contribution in [3.8, 4) is 0 Å². The summed E-state index contributed by atoms with van der Waals surface area (Å²) < 4.78 is 5.16. The molecule has 5 aliphatic rings. The van der Waals surface area contributed by atoms with Crippen LogP contribution in [0.1, 0.15) is 64.7 Å². The lowest BCUT2D eigenvalue weighted by Crippen LogP contribution is -3.04. The average Bonchev–Trinajstić information content (AvgIpc) is 3.26. The van der Waals surface area contributed by atoms with Crippen molar-refractivity contribution in [1.82, 2.24) is 0 Å². The summed E-state index contributed by atoms with van der Waals surface area (Å²) in [7, 11) is 0. The third-order valence-corrected chi connectivity index (χ3v) is 10.2. The molecular weight excluding hydrogens is 418 g/mol. The molecular formula is C23H35NO8. The van der Waals surface area contributed by atoms with E-state index in [-0.39, 0.29) is 43.4 Å². The van der Waals surface area contributed by atoms with Crippen molar-refractivity contribution in [3.05, 3.63) is 16.9 Å². The van der Waals surface area contributed by atoms with E-state index in [1.54, 1.807) is 6.08 Å². The van der Waals surface area contributed by atoms with Gasteiger partial charge in [0, 0.05) is 23.3 Å². The predicted molar refractivity (Wildman–Crippen MR) is 110 cm³/mol. The van der Waals surface area contributed by atoms with Gasteiger partial charge in [-0.05, 0) is 74.7 Å². The van der Waals surface area contributed by atoms with Crippen LogP contribution in [0.15, 0.2) is 11.6 Å². The molecule has 0 radical (unpaired) electrons. The minimum Gasteiger partial charge on any atom is -0.566 e. The highest BCUT2D eigenvalue weighted by Crippen LogP contribution is 2.70. The van der Waals surface area contributed by atoms with Gasteiger partial charge in [-0.3, -0.25) is 0 Å². The van der Waals surface area contributed by atoms with Crippen LogP contribution in [0.2, 0.25) is 0 Å². The zero-order chi connectivity index (χ0) is 22.9. The molecule has 0 saturated heterocycles. The van der Waals surface area contributed by atoms with Gasteiger partial charge in [-0.25, -0.2) is 4.79 Å². The summed E-state index contributed by atoms with van der Waals surface area (Å²) in [5.74, 6) is -0.445. The molecule has 1 aliphatic heterocycles. The number of quaternary nitrogens is 1. The highest BCUT2D eigenvalue weighted by Gasteiger charge is 2.71. The topological polar surface area (TPSA) is 144 Å². The number of cyclic esters (lactones) is 1. The lowest BCUT2D eigenvalue weighted by atomic mass is 9.41. The highest BCUT2D eigenvalue weighted by atomic mass is 17.1. The van der Waals surface area contributed by atoms with Crippen LogP contribution in [-0.4, -0.2) is 57.0 Å². The number of fused-ring (bicyclic) bond motifs is 5. The van der Waals surface area contributed by atoms with E-state index in [1.165, 1.54) is 0 Å². The van der Waals surface area contributed by atoms with Gasteiger partial charge in [-0.1, -0.05) is 12.3 Å². The number of nitrogens with one attached hydrogen (secondary N) is 1. The maximum Gasteiger partial charge on any atom is 0.331 e. The van der Waals surface area contributed by atoms with E-state index in [1.807, 2.05) is 0 Å². The molecule has 4 saturated carbocycles. The van der Waals surface area contributed by atoms with Gasteiger partial charge in [0.1, 0.15) is 13.2 Å². The van der Waals surface area contributed by atoms with E-state index in [4.69, 9.17) is 9.57 Å². The summed E-state index contributed by atoms with van der Waals surface area (Å²) in [4.78, 5) is 16.8. The molecule has 4 fully saturated rings. The van der Waals surface area contributed by atoms with Crippen LogP contribution in [0.3, 0.4) is 0 Å². The van der Waals surface area contributed by atoms with Gasteiger partial charge >= 0.3 is 5.97 Å². The number of esters is 1. The Bertz CT molecular complexity index is 818. The zero-order valence-corrected chi connectivity index (χ0v) is 18.6. The standard InChI is InChI=1S/C23H35NO8/c1-20-6-3-17-18(23(20,28)9-5-16(20)14-10-19(26)31-12-14)4-8-22(27)11-15(25)2-7-21(17,22)13-32-24(29)30/h10,15-18,24-25,27-29H,2-9,11-13H2,1H3/t15-,16+,17-,18+,20+,21-,22-,23-/m0/s1. The Morgan fingerprint density at radius 3 is 2.59 bits per heavy atom. The number of carbonyl (C=O) groups excluding carboxylic acids is 1. The van der Waals surface area contributed by atoms with Crippen LogP contribution >= 0.6 is 0 Å². The van der Waals surface area contributed by atoms with Gasteiger partial charge in [-0.15, -0.1) is 0 Å². The number of carbonyl (C=O) groups is 1. The van der Waals surface area contributed by atoms with Crippen molar-refractivity contribution in [2.24, 2.45) is 28.6 Å². The molecule has 32 heavy (non-hydrogen) atoms. The largest absolute Gasteiger partial charge is 0.566 e. The van der Waals surface area contributed by atoms with E-state index >= 15 is 0 Å². The second-order valence-corrected chi connectivity index (χ2v) is 11.2. The fourth-order valence-corrected chi connectivity index (χ4v) is 8.68. The van der Waals surface area contributed by atoms with Crippen LogP contribution in [0.4, 0.5) is 0 Å². The molecule has 180 valence electrons. The van der Waals surface area contributed by atoms with E-state index in [0.717, 1.165) is 18.4 Å². The SMILES string of the molecule is C[C@]12CC[C@H]3[C@@H](CC[C@]4(O)C[C@@H](O)CC[C@]34CO[NH+]([O-])O)[C@@]1(O)CC[C@@H]2C1=CC(=O)OC1. The second kappa shape index (κ2) is 7.46. The Balaban J connectivity index is 1.50. The first kappa shape index (κ1) is 22.7. The number of rotatable bonds is 4. The van der Waals surface area contributed by atoms with Gasteiger partial charge < -0.3 is 25.3 Å². The molecule has 0 aromatic heterocycles. The Morgan fingerprint density at radius 1 is 1.16 bits per heavy atom. The number of hydrogen-bond donors (Lipinski definition) is 5. The number of aliphatic hydroxyl groups is 3.